The molecule has 0 radical (unpaired) electrons. The number of ether oxygens (including phenoxy) is 4. The highest BCUT2D eigenvalue weighted by molar-refractivity contribution is 7.98. The minimum atomic E-state index is -1.43. The SMILES string of the molecule is COc1cc2c(c(OC)c1OC)-c1ccc(SC)c(=O)cc1[C@@H](NC(=O)c1ccc(COC(=O)C3C=CC=C([N+](=O)[O-])C3=O)nc1)CC2. The number of amides is 1. The Morgan fingerprint density at radius 3 is 2.48 bits per heavy atom. The summed E-state index contributed by atoms with van der Waals surface area (Å²) >= 11 is 1.32. The third kappa shape index (κ3) is 6.65. The molecule has 1 unspecified atom stereocenters. The summed E-state index contributed by atoms with van der Waals surface area (Å²) in [5, 5.41) is 14.1. The van der Waals surface area contributed by atoms with Gasteiger partial charge in [-0.25, -0.2) is 0 Å². The van der Waals surface area contributed by atoms with Gasteiger partial charge in [-0.05, 0) is 66.1 Å². The maximum atomic E-state index is 13.5. The summed E-state index contributed by atoms with van der Waals surface area (Å²) in [6, 6.07) is 9.45. The molecule has 1 heterocycles. The predicted octanol–water partition coefficient (Wildman–Crippen LogP) is 4.23. The fourth-order valence-electron chi connectivity index (χ4n) is 5.66. The second-order valence-electron chi connectivity index (χ2n) is 10.7. The second-order valence-corrected chi connectivity index (χ2v) is 11.6. The first-order chi connectivity index (χ1) is 23.1. The van der Waals surface area contributed by atoms with Crippen LogP contribution in [0.2, 0.25) is 0 Å². The summed E-state index contributed by atoms with van der Waals surface area (Å²) in [4.78, 5) is 66.4. The molecule has 1 amide bonds. The average molecular weight is 674 g/mol. The maximum Gasteiger partial charge on any atom is 0.321 e. The standard InChI is InChI=1S/C34H31N3O10S/c1-44-27-14-18-9-12-24(23-15-26(38)28(48-4)13-11-21(23)29(18)32(46-3)31(27)45-2)36-33(40)19-8-10-20(35-16-19)17-47-34(41)22-6-5-7-25(30(22)39)37(42)43/h5-8,10-11,13-16,22,24H,9,12,17H2,1-4H3,(H,36,40)/t22?,24-/m0/s1. The molecule has 0 bridgehead atoms. The summed E-state index contributed by atoms with van der Waals surface area (Å²) < 4.78 is 22.2. The number of rotatable bonds is 10. The number of methoxy groups -OCH3 is 3. The fraction of sp³-hybridized carbons (Fsp3) is 0.265. The summed E-state index contributed by atoms with van der Waals surface area (Å²) in [5.41, 5.74) is 2.55. The van der Waals surface area contributed by atoms with Crippen molar-refractivity contribution in [1.29, 1.82) is 0 Å². The number of pyridine rings is 1. The third-order valence-electron chi connectivity index (χ3n) is 8.02. The van der Waals surface area contributed by atoms with Crippen LogP contribution in [0.15, 0.2) is 76.2 Å². The molecule has 0 aliphatic heterocycles. The second kappa shape index (κ2) is 14.5. The Hall–Kier alpha value is -5.50. The minimum absolute atomic E-state index is 0.192. The highest BCUT2D eigenvalue weighted by Gasteiger charge is 2.36. The number of nitrogens with one attached hydrogen (secondary N) is 1. The molecular formula is C34H31N3O10S. The van der Waals surface area contributed by atoms with E-state index < -0.39 is 40.2 Å². The van der Waals surface area contributed by atoms with Gasteiger partial charge in [-0.1, -0.05) is 18.2 Å². The van der Waals surface area contributed by atoms with Crippen molar-refractivity contribution >= 4 is 29.4 Å². The molecule has 1 N–H and O–H groups in total. The number of hydrogen-bond acceptors (Lipinski definition) is 12. The van der Waals surface area contributed by atoms with E-state index in [1.54, 1.807) is 12.1 Å². The third-order valence-corrected chi connectivity index (χ3v) is 8.80. The van der Waals surface area contributed by atoms with Gasteiger partial charge in [0.05, 0.1) is 48.4 Å². The highest BCUT2D eigenvalue weighted by Crippen LogP contribution is 2.50. The van der Waals surface area contributed by atoms with E-state index in [-0.39, 0.29) is 23.3 Å². The fourth-order valence-corrected chi connectivity index (χ4v) is 6.12. The smallest absolute Gasteiger partial charge is 0.321 e. The van der Waals surface area contributed by atoms with Crippen LogP contribution in [-0.4, -0.2) is 55.2 Å². The molecule has 0 saturated carbocycles. The molecule has 48 heavy (non-hydrogen) atoms. The number of hydrogen-bond donors (Lipinski definition) is 1. The number of allylic oxidation sites excluding steroid dienone is 3. The Kier molecular flexibility index (Phi) is 10.2. The lowest BCUT2D eigenvalue weighted by atomic mass is 9.95. The number of aryl methyl sites for hydroxylation is 1. The molecule has 13 nitrogen and oxygen atoms in total. The summed E-state index contributed by atoms with van der Waals surface area (Å²) in [6.07, 6.45) is 7.60. The van der Waals surface area contributed by atoms with E-state index in [1.807, 2.05) is 18.4 Å². The van der Waals surface area contributed by atoms with E-state index in [0.717, 1.165) is 17.2 Å². The van der Waals surface area contributed by atoms with Crippen molar-refractivity contribution in [2.75, 3.05) is 27.6 Å². The zero-order valence-electron chi connectivity index (χ0n) is 26.4. The number of thioether (sulfide) groups is 1. The highest BCUT2D eigenvalue weighted by atomic mass is 32.2. The molecule has 5 rings (SSSR count). The van der Waals surface area contributed by atoms with Gasteiger partial charge in [0, 0.05) is 17.8 Å². The van der Waals surface area contributed by atoms with Crippen molar-refractivity contribution in [2.24, 2.45) is 5.92 Å². The number of carbonyl (C=O) groups excluding carboxylic acids is 3. The van der Waals surface area contributed by atoms with E-state index in [2.05, 4.69) is 10.3 Å². The summed E-state index contributed by atoms with van der Waals surface area (Å²) in [5.74, 6) is -2.46. The lowest BCUT2D eigenvalue weighted by Crippen LogP contribution is -2.30. The van der Waals surface area contributed by atoms with Crippen molar-refractivity contribution in [1.82, 2.24) is 10.3 Å². The number of benzene rings is 1. The zero-order chi connectivity index (χ0) is 34.5. The minimum Gasteiger partial charge on any atom is -0.493 e. The van der Waals surface area contributed by atoms with Gasteiger partial charge >= 0.3 is 11.7 Å². The number of fused-ring (bicyclic) bond motifs is 3. The molecule has 3 aromatic rings. The van der Waals surface area contributed by atoms with E-state index >= 15 is 0 Å². The van der Waals surface area contributed by atoms with Gasteiger partial charge in [0.15, 0.2) is 16.9 Å². The Balaban J connectivity index is 1.38. The summed E-state index contributed by atoms with van der Waals surface area (Å²) in [7, 11) is 4.59. The molecule has 2 aromatic carbocycles. The molecule has 14 heteroatoms. The van der Waals surface area contributed by atoms with Crippen molar-refractivity contribution < 1.29 is 38.3 Å². The number of nitrogens with zero attached hydrogens (tertiary/aromatic N) is 2. The molecule has 0 spiro atoms. The molecule has 0 fully saturated rings. The molecule has 2 aliphatic rings. The van der Waals surface area contributed by atoms with Crippen LogP contribution >= 0.6 is 11.8 Å². The largest absolute Gasteiger partial charge is 0.493 e. The van der Waals surface area contributed by atoms with Gasteiger partial charge in [0.25, 0.3) is 11.7 Å². The number of ketones is 1. The van der Waals surface area contributed by atoms with E-state index in [1.165, 1.54) is 63.6 Å². The van der Waals surface area contributed by atoms with Crippen LogP contribution in [0.5, 0.6) is 17.2 Å². The average Bonchev–Trinajstić information content (AvgIpc) is 3.34. The van der Waals surface area contributed by atoms with E-state index in [4.69, 9.17) is 18.9 Å². The first-order valence-corrected chi connectivity index (χ1v) is 15.9. The van der Waals surface area contributed by atoms with E-state index in [0.29, 0.717) is 46.1 Å². The van der Waals surface area contributed by atoms with Crippen molar-refractivity contribution in [3.05, 3.63) is 109 Å². The van der Waals surface area contributed by atoms with Gasteiger partial charge in [0.1, 0.15) is 12.5 Å². The van der Waals surface area contributed by atoms with Crippen LogP contribution in [0.1, 0.15) is 39.6 Å². The lowest BCUT2D eigenvalue weighted by molar-refractivity contribution is -0.419. The van der Waals surface area contributed by atoms with Gasteiger partial charge < -0.3 is 24.3 Å². The van der Waals surface area contributed by atoms with Crippen LogP contribution in [0.3, 0.4) is 0 Å². The quantitative estimate of drug-likeness (QED) is 0.107. The Morgan fingerprint density at radius 1 is 1.06 bits per heavy atom. The lowest BCUT2D eigenvalue weighted by Gasteiger charge is -2.20. The maximum absolute atomic E-state index is 13.5. The number of esters is 1. The molecule has 248 valence electrons. The molecule has 2 aliphatic carbocycles. The van der Waals surface area contributed by atoms with Crippen LogP contribution in [0.4, 0.5) is 0 Å². The van der Waals surface area contributed by atoms with Gasteiger partial charge in [-0.2, -0.15) is 0 Å². The van der Waals surface area contributed by atoms with Crippen LogP contribution < -0.4 is 25.0 Å². The Bertz CT molecular complexity index is 1920. The van der Waals surface area contributed by atoms with Gasteiger partial charge in [-0.3, -0.25) is 34.3 Å². The van der Waals surface area contributed by atoms with E-state index in [9.17, 15) is 29.3 Å². The Labute approximate surface area is 279 Å². The van der Waals surface area contributed by atoms with Crippen LogP contribution in [0, 0.1) is 16.0 Å². The summed E-state index contributed by atoms with van der Waals surface area (Å²) in [6.45, 7) is -0.320. The first kappa shape index (κ1) is 33.9. The number of nitro groups is 1. The van der Waals surface area contributed by atoms with Crippen LogP contribution in [0.25, 0.3) is 11.1 Å². The first-order valence-electron chi connectivity index (χ1n) is 14.7. The molecule has 2 atom stereocenters. The molecular weight excluding hydrogens is 642 g/mol. The molecule has 0 saturated heterocycles. The Morgan fingerprint density at radius 2 is 1.83 bits per heavy atom. The normalized spacial score (nSPS) is 16.4. The van der Waals surface area contributed by atoms with Crippen LogP contribution in [-0.2, 0) is 27.4 Å². The zero-order valence-corrected chi connectivity index (χ0v) is 27.3. The van der Waals surface area contributed by atoms with Gasteiger partial charge in [-0.15, -0.1) is 11.8 Å². The topological polar surface area (TPSA) is 173 Å². The van der Waals surface area contributed by atoms with Crippen molar-refractivity contribution in [3.63, 3.8) is 0 Å². The predicted molar refractivity (Wildman–Crippen MR) is 175 cm³/mol. The number of aromatic nitrogens is 1. The number of Topliss-reactive ketones (excluding diaryl/α,β-unsaturated/α-hetero) is 1. The molecule has 1 aromatic heterocycles. The van der Waals surface area contributed by atoms with Crippen molar-refractivity contribution in [2.45, 2.75) is 30.4 Å². The van der Waals surface area contributed by atoms with Gasteiger partial charge in [0.2, 0.25) is 5.75 Å². The van der Waals surface area contributed by atoms with Crippen molar-refractivity contribution in [3.8, 4) is 28.4 Å². The monoisotopic (exact) mass is 673 g/mol. The number of carbonyl (C=O) groups is 3.